The fourth-order valence-corrected chi connectivity index (χ4v) is 0.0227. The van der Waals surface area contributed by atoms with E-state index in [9.17, 15) is 0 Å². The molecule has 0 saturated heterocycles. The van der Waals surface area contributed by atoms with Crippen molar-refractivity contribution >= 4 is 15.4 Å². The molecule has 0 aliphatic heterocycles. The van der Waals surface area contributed by atoms with Gasteiger partial charge in [-0.3, -0.25) is 0 Å². The summed E-state index contributed by atoms with van der Waals surface area (Å²) in [5.41, 5.74) is 0. The predicted molar refractivity (Wildman–Crippen MR) is 12.6 cm³/mol. The zero-order chi connectivity index (χ0) is 4.12. The largest absolute Gasteiger partial charge is 1.00 e. The molecule has 26 valence electrons. The Morgan fingerprint density at radius 1 is 1.00 bits per heavy atom. The second-order valence-corrected chi connectivity index (χ2v) is 0.329. The molecule has 3 nitrogen and oxygen atoms in total. The maximum atomic E-state index is 8.95. The summed E-state index contributed by atoms with van der Waals surface area (Å²) >= 11 is 0. The van der Waals surface area contributed by atoms with E-state index in [0.717, 1.165) is 0 Å². The van der Waals surface area contributed by atoms with Crippen molar-refractivity contribution in [2.75, 3.05) is 0 Å². The number of hydrogen-bond donors (Lipinski definition) is 0. The Bertz CT molecular complexity index is 18.4. The molecule has 0 aromatic rings. The first-order valence-electron chi connectivity index (χ1n) is 0.943. The maximum Gasteiger partial charge on any atom is 1.00 e. The first-order valence-corrected chi connectivity index (χ1v) is 0.943. The molecule has 7 heteroatoms. The monoisotopic (exact) mass is 336 g/mol. The molecule has 0 unspecified atom stereocenters. The molecule has 0 spiro atoms. The van der Waals surface area contributed by atoms with E-state index < -0.39 is 0 Å². The van der Waals surface area contributed by atoms with Crippen LogP contribution in [0.4, 0.5) is 0 Å². The van der Waals surface area contributed by atoms with Gasteiger partial charge in [0.25, 0.3) is 0 Å². The van der Waals surface area contributed by atoms with Crippen molar-refractivity contribution in [3.8, 4) is 0 Å². The van der Waals surface area contributed by atoms with Crippen molar-refractivity contribution in [1.82, 2.24) is 0 Å². The first kappa shape index (κ1) is 17.3. The van der Waals surface area contributed by atoms with Gasteiger partial charge in [-0.15, -0.1) is 0 Å². The Morgan fingerprint density at radius 3 is 1.29 bits per heavy atom. The van der Waals surface area contributed by atoms with Gasteiger partial charge in [-0.1, -0.05) is 0 Å². The topological polar surface area (TPSA) is 55.3 Å². The molecule has 0 N–H and O–H groups in total. The second-order valence-electron chi connectivity index (χ2n) is 0.329. The quantitative estimate of drug-likeness (QED) is 0.471. The molecular weight excluding hydrogens is 335 g/mol. The zero-order valence-electron chi connectivity index (χ0n) is 4.38. The molecule has 0 aromatic carbocycles. The molecule has 0 aromatic heterocycles. The standard InChI is InChI=1S/B2O3.2Cs/c3-1-5-2-4;;/q-2;2*+1. The van der Waals surface area contributed by atoms with Crippen molar-refractivity contribution in [3.05, 3.63) is 0 Å². The van der Waals surface area contributed by atoms with Crippen LogP contribution in [0.15, 0.2) is 0 Å². The van der Waals surface area contributed by atoms with Crippen LogP contribution in [0, 0.1) is 0 Å². The van der Waals surface area contributed by atoms with Crippen LogP contribution in [0.25, 0.3) is 0 Å². The van der Waals surface area contributed by atoms with E-state index in [1.807, 2.05) is 0 Å². The van der Waals surface area contributed by atoms with Crippen molar-refractivity contribution in [1.29, 1.82) is 0 Å². The third-order valence-corrected chi connectivity index (χ3v) is 0.111. The van der Waals surface area contributed by atoms with Crippen LogP contribution < -0.4 is 148 Å². The molecule has 0 aliphatic rings. The van der Waals surface area contributed by atoms with E-state index in [1.54, 1.807) is 0 Å². The predicted octanol–water partition coefficient (Wildman–Crippen LogP) is -9.20. The van der Waals surface area contributed by atoms with Gasteiger partial charge in [0.2, 0.25) is 0 Å². The van der Waals surface area contributed by atoms with Crippen molar-refractivity contribution in [2.45, 2.75) is 0 Å². The van der Waals surface area contributed by atoms with Gasteiger partial charge in [-0.25, -0.2) is 0 Å². The fourth-order valence-electron chi connectivity index (χ4n) is 0.0227. The van der Waals surface area contributed by atoms with E-state index in [-0.39, 0.29) is 153 Å². The summed E-state index contributed by atoms with van der Waals surface area (Å²) in [4.78, 5) is 0. The van der Waals surface area contributed by atoms with Gasteiger partial charge in [0, 0.05) is 0 Å². The molecular formula is B2Cs2O3. The van der Waals surface area contributed by atoms with E-state index in [2.05, 4.69) is 4.57 Å². The summed E-state index contributed by atoms with van der Waals surface area (Å²) in [6, 6.07) is 0. The molecule has 0 heterocycles. The average molecular weight is 335 g/mol. The minimum atomic E-state index is 0. The normalized spacial score (nSPS) is 4.86. The fraction of sp³-hybridized carbons (Fsp3) is 0. The molecule has 7 heavy (non-hydrogen) atoms. The molecule has 0 atom stereocenters. The van der Waals surface area contributed by atoms with Crippen molar-refractivity contribution < 1.29 is 152 Å². The molecule has 2 radical (unpaired) electrons. The van der Waals surface area contributed by atoms with Crippen LogP contribution in [-0.4, -0.2) is 15.4 Å². The van der Waals surface area contributed by atoms with E-state index in [4.69, 9.17) is 10.0 Å². The Balaban J connectivity index is -0.0000000800. The Hall–Kier alpha value is 4.11. The summed E-state index contributed by atoms with van der Waals surface area (Å²) in [5.74, 6) is 0. The molecule has 0 saturated carbocycles. The van der Waals surface area contributed by atoms with Crippen LogP contribution >= 0.6 is 0 Å². The van der Waals surface area contributed by atoms with Gasteiger partial charge >= 0.3 is 138 Å². The van der Waals surface area contributed by atoms with Gasteiger partial charge in [-0.2, -0.15) is 0 Å². The van der Waals surface area contributed by atoms with Crippen LogP contribution in [0.5, 0.6) is 0 Å². The smallest absolute Gasteiger partial charge is 0.863 e. The zero-order valence-corrected chi connectivity index (χ0v) is 16.9. The first-order chi connectivity index (χ1) is 2.41. The summed E-state index contributed by atoms with van der Waals surface area (Å²) in [6.07, 6.45) is 0. The van der Waals surface area contributed by atoms with E-state index >= 15 is 0 Å². The molecule has 0 fully saturated rings. The summed E-state index contributed by atoms with van der Waals surface area (Å²) < 4.78 is 3.47. The van der Waals surface area contributed by atoms with Gasteiger partial charge in [0.1, 0.15) is 15.4 Å². The summed E-state index contributed by atoms with van der Waals surface area (Å²) in [5, 5.41) is 17.9. The minimum absolute atomic E-state index is 0. The van der Waals surface area contributed by atoms with Crippen LogP contribution in [0.1, 0.15) is 0 Å². The summed E-state index contributed by atoms with van der Waals surface area (Å²) in [6.45, 7) is 0. The van der Waals surface area contributed by atoms with E-state index in [0.29, 0.717) is 0 Å². The minimum Gasteiger partial charge on any atom is -0.863 e. The van der Waals surface area contributed by atoms with Gasteiger partial charge < -0.3 is 14.6 Å². The molecule has 0 bridgehead atoms. The van der Waals surface area contributed by atoms with E-state index in [1.165, 1.54) is 0 Å². The molecule has 0 aliphatic carbocycles. The second kappa shape index (κ2) is 16.6. The van der Waals surface area contributed by atoms with Crippen molar-refractivity contribution in [2.24, 2.45) is 0 Å². The van der Waals surface area contributed by atoms with Crippen LogP contribution in [0.3, 0.4) is 0 Å². The SMILES string of the molecule is [Cs+].[Cs+].[O-][B]O[B][O-]. The Kier molecular flexibility index (Phi) is 40.9. The third kappa shape index (κ3) is 17.8. The molecule has 0 amide bonds. The van der Waals surface area contributed by atoms with Crippen molar-refractivity contribution in [3.63, 3.8) is 0 Å². The maximum absolute atomic E-state index is 8.95. The van der Waals surface area contributed by atoms with Gasteiger partial charge in [0.05, 0.1) is 0 Å². The average Bonchev–Trinajstić information content (AvgIpc) is 1.41. The van der Waals surface area contributed by atoms with Gasteiger partial charge in [-0.05, 0) is 0 Å². The third-order valence-electron chi connectivity index (χ3n) is 0.111. The number of hydrogen-bond acceptors (Lipinski definition) is 3. The molecule has 0 rings (SSSR count). The number of rotatable bonds is 2. The Morgan fingerprint density at radius 2 is 1.29 bits per heavy atom. The Labute approximate surface area is 162 Å². The van der Waals surface area contributed by atoms with Crippen LogP contribution in [-0.2, 0) is 4.57 Å². The van der Waals surface area contributed by atoms with Crippen LogP contribution in [0.2, 0.25) is 0 Å². The summed E-state index contributed by atoms with van der Waals surface area (Å²) in [7, 11) is 0.125. The van der Waals surface area contributed by atoms with Gasteiger partial charge in [0.15, 0.2) is 0 Å².